The summed E-state index contributed by atoms with van der Waals surface area (Å²) in [6, 6.07) is -1.04. The summed E-state index contributed by atoms with van der Waals surface area (Å²) in [5.41, 5.74) is -0.786. The van der Waals surface area contributed by atoms with E-state index in [0.717, 1.165) is 30.5 Å². The van der Waals surface area contributed by atoms with Crippen LogP contribution < -0.4 is 4.72 Å². The van der Waals surface area contributed by atoms with Crippen molar-refractivity contribution < 1.29 is 23.4 Å². The first kappa shape index (κ1) is 20.8. The van der Waals surface area contributed by atoms with E-state index in [2.05, 4.69) is 9.62 Å². The molecule has 7 nitrogen and oxygen atoms in total. The molecule has 1 unspecified atom stereocenters. The largest absolute Gasteiger partial charge is 0.387 e. The van der Waals surface area contributed by atoms with Crippen LogP contribution in [0.2, 0.25) is 0 Å². The minimum atomic E-state index is -3.57. The molecule has 5 rings (SSSR count). The summed E-state index contributed by atoms with van der Waals surface area (Å²) in [5.74, 6) is 0.511. The van der Waals surface area contributed by atoms with Gasteiger partial charge in [0.1, 0.15) is 0 Å². The predicted molar refractivity (Wildman–Crippen MR) is 112 cm³/mol. The monoisotopic (exact) mass is 436 g/mol. The van der Waals surface area contributed by atoms with Gasteiger partial charge >= 0.3 is 0 Å². The molecular weight excluding hydrogens is 404 g/mol. The van der Waals surface area contributed by atoms with Gasteiger partial charge < -0.3 is 10.2 Å². The second-order valence-electron chi connectivity index (χ2n) is 10.6. The Balaban J connectivity index is 1.59. The first-order valence-electron chi connectivity index (χ1n) is 11.0. The highest BCUT2D eigenvalue weighted by atomic mass is 32.2. The molecule has 3 fully saturated rings. The molecule has 8 heteroatoms. The third-order valence-electron chi connectivity index (χ3n) is 8.13. The number of Topliss-reactive ketones (excluding diaryl/α,β-unsaturated/α-hetero) is 1. The third kappa shape index (κ3) is 3.23. The van der Waals surface area contributed by atoms with Crippen molar-refractivity contribution in [3.63, 3.8) is 0 Å². The highest BCUT2D eigenvalue weighted by Crippen LogP contribution is 2.62. The quantitative estimate of drug-likeness (QED) is 0.604. The lowest BCUT2D eigenvalue weighted by atomic mass is 9.47. The van der Waals surface area contributed by atoms with Crippen molar-refractivity contribution in [3.8, 4) is 0 Å². The van der Waals surface area contributed by atoms with Crippen molar-refractivity contribution in [2.75, 3.05) is 19.3 Å². The molecule has 0 amide bonds. The number of likely N-dealkylation sites (tertiary alicyclic amines) is 1. The van der Waals surface area contributed by atoms with Crippen LogP contribution in [0, 0.1) is 11.3 Å². The molecular formula is C22H32N2O5S. The van der Waals surface area contributed by atoms with Gasteiger partial charge in [-0.25, -0.2) is 13.1 Å². The predicted octanol–water partition coefficient (Wildman–Crippen LogP) is 0.880. The number of hydrogen-bond acceptors (Lipinski definition) is 6. The van der Waals surface area contributed by atoms with Crippen LogP contribution in [0.3, 0.4) is 0 Å². The number of piperidine rings is 1. The van der Waals surface area contributed by atoms with Gasteiger partial charge in [0.2, 0.25) is 10.0 Å². The lowest BCUT2D eigenvalue weighted by Crippen LogP contribution is -2.74. The van der Waals surface area contributed by atoms with Crippen molar-refractivity contribution in [1.29, 1.82) is 0 Å². The molecule has 1 heterocycles. The van der Waals surface area contributed by atoms with Crippen molar-refractivity contribution in [1.82, 2.24) is 9.62 Å². The fraction of sp³-hybridized carbons (Fsp3) is 0.773. The Kier molecular flexibility index (Phi) is 4.50. The lowest BCUT2D eigenvalue weighted by molar-refractivity contribution is -0.194. The molecule has 4 aliphatic carbocycles. The van der Waals surface area contributed by atoms with E-state index in [-0.39, 0.29) is 24.7 Å². The lowest BCUT2D eigenvalue weighted by Gasteiger charge is -2.65. The fourth-order valence-electron chi connectivity index (χ4n) is 6.57. The van der Waals surface area contributed by atoms with E-state index in [1.807, 2.05) is 12.2 Å². The average Bonchev–Trinajstić information content (AvgIpc) is 3.42. The molecule has 3 N–H and O–H groups in total. The molecule has 166 valence electrons. The molecule has 5 atom stereocenters. The van der Waals surface area contributed by atoms with Crippen LogP contribution in [0.5, 0.6) is 0 Å². The van der Waals surface area contributed by atoms with E-state index in [4.69, 9.17) is 0 Å². The summed E-state index contributed by atoms with van der Waals surface area (Å²) >= 11 is 0. The zero-order valence-corrected chi connectivity index (χ0v) is 18.5. The zero-order valence-electron chi connectivity index (χ0n) is 17.7. The van der Waals surface area contributed by atoms with Gasteiger partial charge in [-0.3, -0.25) is 9.69 Å². The van der Waals surface area contributed by atoms with E-state index >= 15 is 0 Å². The normalized spacial score (nSPS) is 44.1. The molecule has 2 saturated carbocycles. The number of rotatable bonds is 4. The third-order valence-corrected chi connectivity index (χ3v) is 8.84. The Morgan fingerprint density at radius 1 is 1.27 bits per heavy atom. The van der Waals surface area contributed by atoms with Gasteiger partial charge in [-0.05, 0) is 50.6 Å². The molecule has 0 aromatic heterocycles. The zero-order chi connectivity index (χ0) is 21.5. The molecule has 2 bridgehead atoms. The summed E-state index contributed by atoms with van der Waals surface area (Å²) in [6.45, 7) is 3.53. The van der Waals surface area contributed by atoms with Crippen LogP contribution in [0.15, 0.2) is 23.3 Å². The molecule has 0 radical (unpaired) electrons. The van der Waals surface area contributed by atoms with E-state index < -0.39 is 32.7 Å². The van der Waals surface area contributed by atoms with E-state index in [1.165, 1.54) is 12.8 Å². The van der Waals surface area contributed by atoms with Crippen LogP contribution in [0.1, 0.15) is 51.9 Å². The number of nitrogens with zero attached hydrogens (tertiary/aromatic N) is 1. The summed E-state index contributed by atoms with van der Waals surface area (Å²) in [5, 5.41) is 23.0. The van der Waals surface area contributed by atoms with Gasteiger partial charge in [-0.1, -0.05) is 17.7 Å². The fourth-order valence-corrected chi connectivity index (χ4v) is 7.30. The molecule has 0 aromatic rings. The number of nitrogens with one attached hydrogen (secondary N) is 1. The number of hydrogen-bond donors (Lipinski definition) is 3. The second kappa shape index (κ2) is 6.48. The van der Waals surface area contributed by atoms with E-state index in [0.29, 0.717) is 25.2 Å². The smallest absolute Gasteiger partial charge is 0.209 e. The van der Waals surface area contributed by atoms with Crippen molar-refractivity contribution >= 4 is 15.8 Å². The number of allylic oxidation sites excluding steroid dienone is 1. The Bertz CT molecular complexity index is 951. The molecule has 5 aliphatic rings. The Morgan fingerprint density at radius 3 is 2.67 bits per heavy atom. The Hall–Kier alpha value is -1.06. The number of carbonyl (C=O) groups excluding carboxylic acids is 1. The average molecular weight is 437 g/mol. The number of ketones is 1. The molecule has 30 heavy (non-hydrogen) atoms. The maximum absolute atomic E-state index is 13.1. The van der Waals surface area contributed by atoms with Crippen LogP contribution in [0.25, 0.3) is 0 Å². The van der Waals surface area contributed by atoms with Gasteiger partial charge in [0.25, 0.3) is 0 Å². The number of sulfonamides is 1. The second-order valence-corrected chi connectivity index (χ2v) is 12.4. The topological polar surface area (TPSA) is 107 Å². The summed E-state index contributed by atoms with van der Waals surface area (Å²) in [7, 11) is -3.57. The minimum Gasteiger partial charge on any atom is -0.387 e. The van der Waals surface area contributed by atoms with E-state index in [1.54, 1.807) is 6.92 Å². The van der Waals surface area contributed by atoms with Gasteiger partial charge in [-0.15, -0.1) is 0 Å². The van der Waals surface area contributed by atoms with Gasteiger partial charge in [0.15, 0.2) is 5.78 Å². The van der Waals surface area contributed by atoms with Gasteiger partial charge in [0, 0.05) is 37.3 Å². The van der Waals surface area contributed by atoms with Crippen molar-refractivity contribution in [2.24, 2.45) is 11.3 Å². The number of carbonyl (C=O) groups is 1. The highest BCUT2D eigenvalue weighted by molar-refractivity contribution is 7.88. The van der Waals surface area contributed by atoms with Crippen LogP contribution in [-0.2, 0) is 14.8 Å². The molecule has 1 aliphatic heterocycles. The Labute approximate surface area is 178 Å². The van der Waals surface area contributed by atoms with E-state index in [9.17, 15) is 23.4 Å². The molecule has 0 spiro atoms. The SMILES string of the molecule is CC1(O)C=CC2=C(C1)[C@]13CCN(CC4CC4)[C@H](C2)[C@]1(O)C[C@H](NS(C)(=O)=O)C(=O)C3. The maximum Gasteiger partial charge on any atom is 0.209 e. The van der Waals surface area contributed by atoms with Crippen molar-refractivity contribution in [3.05, 3.63) is 23.3 Å². The van der Waals surface area contributed by atoms with Gasteiger partial charge in [0.05, 0.1) is 23.5 Å². The standard InChI is InChI=1S/C22H32N2O5S/c1-20(26)6-5-15-9-19-22(27)11-17(23-30(2,28)29)18(25)12-21(22,16(15)10-20)7-8-24(19)13-14-3-4-14/h5-6,14,17,19,23,26-27H,3-4,7-13H2,1-2H3/t17-,19+,20?,21+,22+/m0/s1. The summed E-state index contributed by atoms with van der Waals surface area (Å²) in [6.07, 6.45) is 9.26. The number of aliphatic hydroxyl groups is 2. The first-order chi connectivity index (χ1) is 13.9. The molecule has 1 saturated heterocycles. The van der Waals surface area contributed by atoms with Crippen molar-refractivity contribution in [2.45, 2.75) is 75.2 Å². The Morgan fingerprint density at radius 2 is 2.00 bits per heavy atom. The maximum atomic E-state index is 13.1. The summed E-state index contributed by atoms with van der Waals surface area (Å²) < 4.78 is 26.2. The highest BCUT2D eigenvalue weighted by Gasteiger charge is 2.67. The van der Waals surface area contributed by atoms with Crippen LogP contribution >= 0.6 is 0 Å². The van der Waals surface area contributed by atoms with Crippen LogP contribution in [0.4, 0.5) is 0 Å². The van der Waals surface area contributed by atoms with Gasteiger partial charge in [-0.2, -0.15) is 0 Å². The first-order valence-corrected chi connectivity index (χ1v) is 12.9. The van der Waals surface area contributed by atoms with Crippen LogP contribution in [-0.4, -0.2) is 71.9 Å². The summed E-state index contributed by atoms with van der Waals surface area (Å²) in [4.78, 5) is 15.5. The molecule has 0 aromatic carbocycles. The minimum absolute atomic E-state index is 0.0906.